The minimum Gasteiger partial charge on any atom is -0.308 e. The van der Waals surface area contributed by atoms with Crippen LogP contribution in [-0.4, -0.2) is 39.9 Å². The molecule has 1 aromatic heterocycles. The molecule has 0 aliphatic carbocycles. The molecule has 0 saturated heterocycles. The maximum Gasteiger partial charge on any atom is 0.0538 e. The largest absolute Gasteiger partial charge is 0.308 e. The van der Waals surface area contributed by atoms with Crippen molar-refractivity contribution in [1.29, 1.82) is 0 Å². The van der Waals surface area contributed by atoms with E-state index in [9.17, 15) is 0 Å². The van der Waals surface area contributed by atoms with Crippen molar-refractivity contribution in [1.82, 2.24) is 20.0 Å². The van der Waals surface area contributed by atoms with Crippen molar-refractivity contribution in [3.8, 4) is 0 Å². The predicted molar refractivity (Wildman–Crippen MR) is 85.9 cm³/mol. The van der Waals surface area contributed by atoms with Crippen LogP contribution in [0.4, 0.5) is 0 Å². The molecule has 0 spiro atoms. The SMILES string of the molecule is CCCNC(c1cnn(C)c1)C(C)(CC)N(CC)CC. The van der Waals surface area contributed by atoms with Gasteiger partial charge >= 0.3 is 0 Å². The van der Waals surface area contributed by atoms with Gasteiger partial charge in [0.25, 0.3) is 0 Å². The van der Waals surface area contributed by atoms with Gasteiger partial charge in [-0.25, -0.2) is 0 Å². The Morgan fingerprint density at radius 1 is 1.30 bits per heavy atom. The van der Waals surface area contributed by atoms with E-state index in [1.54, 1.807) is 0 Å². The number of nitrogens with one attached hydrogen (secondary N) is 1. The van der Waals surface area contributed by atoms with Crippen LogP contribution in [0.5, 0.6) is 0 Å². The summed E-state index contributed by atoms with van der Waals surface area (Å²) in [5.41, 5.74) is 1.40. The average molecular weight is 280 g/mol. The molecule has 4 nitrogen and oxygen atoms in total. The lowest BCUT2D eigenvalue weighted by Crippen LogP contribution is -2.54. The van der Waals surface area contributed by atoms with Crippen molar-refractivity contribution < 1.29 is 0 Å². The summed E-state index contributed by atoms with van der Waals surface area (Å²) in [5, 5.41) is 8.11. The van der Waals surface area contributed by atoms with Crippen molar-refractivity contribution in [3.05, 3.63) is 18.0 Å². The molecule has 0 aromatic carbocycles. The molecule has 0 aliphatic heterocycles. The van der Waals surface area contributed by atoms with Gasteiger partial charge in [-0.3, -0.25) is 9.58 Å². The molecule has 0 radical (unpaired) electrons. The number of rotatable bonds is 9. The highest BCUT2D eigenvalue weighted by Gasteiger charge is 2.38. The normalized spacial score (nSPS) is 16.4. The molecule has 1 rings (SSSR count). The fourth-order valence-corrected chi connectivity index (χ4v) is 3.13. The third-order valence-corrected chi connectivity index (χ3v) is 4.48. The van der Waals surface area contributed by atoms with Gasteiger partial charge in [0.15, 0.2) is 0 Å². The van der Waals surface area contributed by atoms with Crippen LogP contribution in [0.1, 0.15) is 59.1 Å². The minimum absolute atomic E-state index is 0.113. The first-order valence-corrected chi connectivity index (χ1v) is 8.00. The first-order chi connectivity index (χ1) is 9.53. The monoisotopic (exact) mass is 280 g/mol. The Labute approximate surface area is 124 Å². The van der Waals surface area contributed by atoms with Gasteiger partial charge < -0.3 is 5.32 Å². The van der Waals surface area contributed by atoms with Crippen LogP contribution < -0.4 is 5.32 Å². The molecule has 4 heteroatoms. The second kappa shape index (κ2) is 7.79. The highest BCUT2D eigenvalue weighted by Crippen LogP contribution is 2.34. The standard InChI is InChI=1S/C16H32N4/c1-7-11-17-15(14-12-18-19(6)13-14)16(5,8-2)20(9-3)10-4/h12-13,15,17H,7-11H2,1-6H3. The number of aryl methyl sites for hydroxylation is 1. The maximum absolute atomic E-state index is 4.36. The third-order valence-electron chi connectivity index (χ3n) is 4.48. The van der Waals surface area contributed by atoms with E-state index in [4.69, 9.17) is 0 Å². The molecule has 20 heavy (non-hydrogen) atoms. The van der Waals surface area contributed by atoms with E-state index < -0.39 is 0 Å². The summed E-state index contributed by atoms with van der Waals surface area (Å²) in [5.74, 6) is 0. The highest BCUT2D eigenvalue weighted by atomic mass is 15.3. The molecule has 2 atom stereocenters. The second-order valence-corrected chi connectivity index (χ2v) is 5.72. The topological polar surface area (TPSA) is 33.1 Å². The Morgan fingerprint density at radius 3 is 2.35 bits per heavy atom. The van der Waals surface area contributed by atoms with Gasteiger partial charge in [-0.1, -0.05) is 27.7 Å². The van der Waals surface area contributed by atoms with E-state index in [1.807, 2.05) is 17.9 Å². The van der Waals surface area contributed by atoms with Crippen molar-refractivity contribution in [2.24, 2.45) is 7.05 Å². The molecule has 116 valence electrons. The number of aromatic nitrogens is 2. The zero-order valence-electron chi connectivity index (χ0n) is 14.1. The van der Waals surface area contributed by atoms with E-state index in [1.165, 1.54) is 5.56 Å². The van der Waals surface area contributed by atoms with Crippen LogP contribution >= 0.6 is 0 Å². The van der Waals surface area contributed by atoms with Gasteiger partial charge in [0, 0.05) is 24.3 Å². The van der Waals surface area contributed by atoms with Crippen LogP contribution in [0.25, 0.3) is 0 Å². The van der Waals surface area contributed by atoms with Gasteiger partial charge in [-0.15, -0.1) is 0 Å². The molecule has 0 amide bonds. The first-order valence-electron chi connectivity index (χ1n) is 8.00. The average Bonchev–Trinajstić information content (AvgIpc) is 2.86. The molecule has 1 aromatic rings. The summed E-state index contributed by atoms with van der Waals surface area (Å²) in [7, 11) is 1.99. The zero-order valence-corrected chi connectivity index (χ0v) is 14.1. The van der Waals surface area contributed by atoms with E-state index >= 15 is 0 Å². The Balaban J connectivity index is 3.11. The highest BCUT2D eigenvalue weighted by molar-refractivity contribution is 5.17. The van der Waals surface area contributed by atoms with E-state index in [2.05, 4.69) is 56.1 Å². The smallest absolute Gasteiger partial charge is 0.0538 e. The Bertz CT molecular complexity index is 384. The second-order valence-electron chi connectivity index (χ2n) is 5.72. The quantitative estimate of drug-likeness (QED) is 0.755. The number of nitrogens with zero attached hydrogens (tertiary/aromatic N) is 3. The molecular weight excluding hydrogens is 248 g/mol. The zero-order chi connectivity index (χ0) is 15.2. The lowest BCUT2D eigenvalue weighted by Gasteiger charge is -2.46. The lowest BCUT2D eigenvalue weighted by atomic mass is 9.83. The summed E-state index contributed by atoms with van der Waals surface area (Å²) in [4.78, 5) is 2.56. The van der Waals surface area contributed by atoms with Crippen molar-refractivity contribution in [3.63, 3.8) is 0 Å². The number of hydrogen-bond acceptors (Lipinski definition) is 3. The maximum atomic E-state index is 4.36. The molecule has 0 aliphatic rings. The molecule has 0 bridgehead atoms. The van der Waals surface area contributed by atoms with Crippen LogP contribution in [0.3, 0.4) is 0 Å². The van der Waals surface area contributed by atoms with Gasteiger partial charge in [0.2, 0.25) is 0 Å². The van der Waals surface area contributed by atoms with E-state index in [0.717, 1.165) is 32.5 Å². The summed E-state index contributed by atoms with van der Waals surface area (Å²) in [6, 6.07) is 0.320. The molecule has 0 fully saturated rings. The fourth-order valence-electron chi connectivity index (χ4n) is 3.13. The van der Waals surface area contributed by atoms with Crippen molar-refractivity contribution >= 4 is 0 Å². The van der Waals surface area contributed by atoms with E-state index in [0.29, 0.717) is 6.04 Å². The number of likely N-dealkylation sites (N-methyl/N-ethyl adjacent to an activating group) is 1. The Hall–Kier alpha value is -0.870. The number of hydrogen-bond donors (Lipinski definition) is 1. The van der Waals surface area contributed by atoms with Crippen molar-refractivity contribution in [2.45, 2.75) is 59.0 Å². The summed E-state index contributed by atoms with van der Waals surface area (Å²) >= 11 is 0. The summed E-state index contributed by atoms with van der Waals surface area (Å²) in [6.07, 6.45) is 6.41. The molecular formula is C16H32N4. The van der Waals surface area contributed by atoms with Crippen LogP contribution in [0.15, 0.2) is 12.4 Å². The molecule has 2 unspecified atom stereocenters. The van der Waals surface area contributed by atoms with Crippen LogP contribution in [0, 0.1) is 0 Å². The summed E-state index contributed by atoms with van der Waals surface area (Å²) < 4.78 is 1.90. The molecule has 0 saturated carbocycles. The minimum atomic E-state index is 0.113. The van der Waals surface area contributed by atoms with Gasteiger partial charge in [-0.2, -0.15) is 5.10 Å². The van der Waals surface area contributed by atoms with Gasteiger partial charge in [0.05, 0.1) is 12.2 Å². The Kier molecular flexibility index (Phi) is 6.69. The van der Waals surface area contributed by atoms with Crippen molar-refractivity contribution in [2.75, 3.05) is 19.6 Å². The van der Waals surface area contributed by atoms with E-state index in [-0.39, 0.29) is 5.54 Å². The lowest BCUT2D eigenvalue weighted by molar-refractivity contribution is 0.0698. The van der Waals surface area contributed by atoms with Gasteiger partial charge in [0.1, 0.15) is 0 Å². The van der Waals surface area contributed by atoms with Crippen LogP contribution in [0.2, 0.25) is 0 Å². The third kappa shape index (κ3) is 3.61. The Morgan fingerprint density at radius 2 is 1.95 bits per heavy atom. The molecule has 1 heterocycles. The predicted octanol–water partition coefficient (Wildman–Crippen LogP) is 2.97. The van der Waals surface area contributed by atoms with Crippen LogP contribution in [-0.2, 0) is 7.05 Å². The van der Waals surface area contributed by atoms with Gasteiger partial charge in [-0.05, 0) is 39.4 Å². The molecule has 1 N–H and O–H groups in total. The summed E-state index contributed by atoms with van der Waals surface area (Å²) in [6.45, 7) is 14.6. The first kappa shape index (κ1) is 17.2. The fraction of sp³-hybridized carbons (Fsp3) is 0.812.